The molecule has 0 amide bonds. The molecular formula is C40H12F10N4. The number of allylic oxidation sites excluding steroid dienone is 2. The van der Waals surface area contributed by atoms with E-state index in [1.807, 2.05) is 0 Å². The summed E-state index contributed by atoms with van der Waals surface area (Å²) in [4.78, 5) is 0. The zero-order valence-corrected chi connectivity index (χ0v) is 26.5. The Bertz CT molecular complexity index is 2510. The second-order valence-electron chi connectivity index (χ2n) is 12.0. The first-order valence-corrected chi connectivity index (χ1v) is 15.2. The second kappa shape index (κ2) is 12.2. The van der Waals surface area contributed by atoms with E-state index in [2.05, 4.69) is 0 Å². The van der Waals surface area contributed by atoms with Gasteiger partial charge in [-0.2, -0.15) is 47.4 Å². The minimum absolute atomic E-state index is 0.0321. The molecular weight excluding hydrogens is 726 g/mol. The molecule has 0 aliphatic heterocycles. The van der Waals surface area contributed by atoms with E-state index in [9.17, 15) is 65.0 Å². The van der Waals surface area contributed by atoms with E-state index >= 15 is 0 Å². The van der Waals surface area contributed by atoms with Gasteiger partial charge in [-0.05, 0) is 115 Å². The zero-order valence-electron chi connectivity index (χ0n) is 26.5. The summed E-state index contributed by atoms with van der Waals surface area (Å²) in [5.41, 5.74) is -2.87. The maximum atomic E-state index is 14.5. The number of benzene rings is 5. The van der Waals surface area contributed by atoms with Crippen LogP contribution < -0.4 is 0 Å². The third-order valence-electron chi connectivity index (χ3n) is 9.12. The Labute approximate surface area is 297 Å². The molecule has 5 aromatic carbocycles. The van der Waals surface area contributed by atoms with Crippen LogP contribution in [-0.2, 0) is 12.4 Å². The first-order valence-electron chi connectivity index (χ1n) is 15.2. The fourth-order valence-electron chi connectivity index (χ4n) is 6.91. The lowest BCUT2D eigenvalue weighted by molar-refractivity contribution is -0.143. The molecule has 0 saturated carbocycles. The fourth-order valence-corrected chi connectivity index (χ4v) is 6.91. The quantitative estimate of drug-likeness (QED) is 0.130. The maximum absolute atomic E-state index is 14.5. The minimum atomic E-state index is -5.31. The van der Waals surface area contributed by atoms with E-state index in [1.165, 1.54) is 42.5 Å². The normalized spacial score (nSPS) is 12.5. The van der Waals surface area contributed by atoms with E-state index in [1.54, 1.807) is 30.3 Å². The number of nitrogens with zero attached hydrogens (tertiary/aromatic N) is 4. The molecule has 262 valence electrons. The Morgan fingerprint density at radius 3 is 0.963 bits per heavy atom. The van der Waals surface area contributed by atoms with E-state index in [-0.39, 0.29) is 55.7 Å². The average molecular weight is 739 g/mol. The van der Waals surface area contributed by atoms with Crippen molar-refractivity contribution >= 4 is 11.1 Å². The van der Waals surface area contributed by atoms with Crippen LogP contribution in [0.5, 0.6) is 0 Å². The molecule has 0 unspecified atom stereocenters. The SMILES string of the molecule is N#CC(C#N)=C1c2cc(-c3cc(F)c(C(F)(F)F)c(F)c3)ccc2-c2cc3c(cc21)C(=C(C#N)C#N)c1cc(-c2cc(F)c(C(F)(F)F)c(F)c2)ccc1-3. The molecule has 0 N–H and O–H groups in total. The van der Waals surface area contributed by atoms with Crippen molar-refractivity contribution in [3.63, 3.8) is 0 Å². The van der Waals surface area contributed by atoms with Gasteiger partial charge in [-0.15, -0.1) is 0 Å². The van der Waals surface area contributed by atoms with Crippen molar-refractivity contribution in [2.24, 2.45) is 0 Å². The lowest BCUT2D eigenvalue weighted by Gasteiger charge is -2.12. The van der Waals surface area contributed by atoms with Crippen molar-refractivity contribution < 1.29 is 43.9 Å². The third kappa shape index (κ3) is 5.36. The van der Waals surface area contributed by atoms with Gasteiger partial charge in [-0.25, -0.2) is 17.6 Å². The maximum Gasteiger partial charge on any atom is 0.422 e. The Balaban J connectivity index is 1.44. The fraction of sp³-hybridized carbons (Fsp3) is 0.0500. The lowest BCUT2D eigenvalue weighted by Crippen LogP contribution is -2.11. The Morgan fingerprint density at radius 2 is 0.667 bits per heavy atom. The number of nitriles is 4. The van der Waals surface area contributed by atoms with E-state index in [0.717, 1.165) is 0 Å². The Hall–Kier alpha value is -7.16. The Kier molecular flexibility index (Phi) is 7.98. The smallest absolute Gasteiger partial charge is 0.206 e. The van der Waals surface area contributed by atoms with Crippen LogP contribution >= 0.6 is 0 Å². The zero-order chi connectivity index (χ0) is 39.0. The van der Waals surface area contributed by atoms with Crippen molar-refractivity contribution in [3.05, 3.63) is 141 Å². The van der Waals surface area contributed by atoms with Crippen LogP contribution in [0.1, 0.15) is 33.4 Å². The van der Waals surface area contributed by atoms with Crippen molar-refractivity contribution in [1.82, 2.24) is 0 Å². The van der Waals surface area contributed by atoms with Gasteiger partial charge in [0, 0.05) is 11.1 Å². The van der Waals surface area contributed by atoms with Gasteiger partial charge in [0.1, 0.15) is 69.8 Å². The van der Waals surface area contributed by atoms with Gasteiger partial charge >= 0.3 is 12.4 Å². The molecule has 4 nitrogen and oxygen atoms in total. The van der Waals surface area contributed by atoms with Crippen molar-refractivity contribution in [3.8, 4) is 68.8 Å². The molecule has 0 atom stereocenters. The highest BCUT2D eigenvalue weighted by molar-refractivity contribution is 6.11. The highest BCUT2D eigenvalue weighted by atomic mass is 19.4. The summed E-state index contributed by atoms with van der Waals surface area (Å²) in [6.07, 6.45) is -10.6. The lowest BCUT2D eigenvalue weighted by atomic mass is 9.92. The largest absolute Gasteiger partial charge is 0.422 e. The van der Waals surface area contributed by atoms with Gasteiger partial charge in [-0.3, -0.25) is 0 Å². The number of alkyl halides is 6. The second-order valence-corrected chi connectivity index (χ2v) is 12.0. The molecule has 0 bridgehead atoms. The molecule has 0 saturated heterocycles. The third-order valence-corrected chi connectivity index (χ3v) is 9.12. The minimum Gasteiger partial charge on any atom is -0.206 e. The molecule has 0 radical (unpaired) electrons. The van der Waals surface area contributed by atoms with Crippen LogP contribution in [0.4, 0.5) is 43.9 Å². The molecule has 2 aliphatic carbocycles. The van der Waals surface area contributed by atoms with Gasteiger partial charge in [0.15, 0.2) is 0 Å². The summed E-state index contributed by atoms with van der Waals surface area (Å²) in [5.74, 6) is -7.43. The Morgan fingerprint density at radius 1 is 0.370 bits per heavy atom. The van der Waals surface area contributed by atoms with Crippen molar-refractivity contribution in [1.29, 1.82) is 21.0 Å². The molecule has 54 heavy (non-hydrogen) atoms. The summed E-state index contributed by atoms with van der Waals surface area (Å²) < 4.78 is 138. The van der Waals surface area contributed by atoms with Crippen LogP contribution in [0, 0.1) is 68.6 Å². The van der Waals surface area contributed by atoms with Crippen LogP contribution in [-0.4, -0.2) is 0 Å². The predicted molar refractivity (Wildman–Crippen MR) is 173 cm³/mol. The molecule has 0 aromatic heterocycles. The number of halogens is 10. The monoisotopic (exact) mass is 738 g/mol. The van der Waals surface area contributed by atoms with E-state index in [0.29, 0.717) is 46.5 Å². The van der Waals surface area contributed by atoms with Gasteiger partial charge in [-0.1, -0.05) is 24.3 Å². The van der Waals surface area contributed by atoms with Crippen molar-refractivity contribution in [2.45, 2.75) is 12.4 Å². The molecule has 7 rings (SSSR count). The van der Waals surface area contributed by atoms with Gasteiger partial charge in [0.25, 0.3) is 0 Å². The molecule has 14 heteroatoms. The number of hydrogen-bond donors (Lipinski definition) is 0. The van der Waals surface area contributed by atoms with E-state index in [4.69, 9.17) is 0 Å². The summed E-state index contributed by atoms with van der Waals surface area (Å²) >= 11 is 0. The van der Waals surface area contributed by atoms with Gasteiger partial charge in [0.05, 0.1) is 0 Å². The summed E-state index contributed by atoms with van der Waals surface area (Å²) in [6, 6.07) is 20.7. The number of hydrogen-bond acceptors (Lipinski definition) is 4. The first kappa shape index (κ1) is 35.3. The number of fused-ring (bicyclic) bond motifs is 6. The van der Waals surface area contributed by atoms with Crippen LogP contribution in [0.3, 0.4) is 0 Å². The molecule has 5 aromatic rings. The molecule has 0 fully saturated rings. The highest BCUT2D eigenvalue weighted by Gasteiger charge is 2.40. The van der Waals surface area contributed by atoms with Crippen LogP contribution in [0.25, 0.3) is 55.7 Å². The van der Waals surface area contributed by atoms with Crippen LogP contribution in [0.2, 0.25) is 0 Å². The van der Waals surface area contributed by atoms with E-state index < -0.39 is 57.9 Å². The molecule has 0 heterocycles. The van der Waals surface area contributed by atoms with Gasteiger partial charge < -0.3 is 0 Å². The average Bonchev–Trinajstić information content (AvgIpc) is 3.58. The standard InChI is InChI=1S/C40H12F10N4/c41-31-7-19(8-32(42)37(31)39(45,46)47)17-1-3-23-25-11-26-24-4-2-18(20-9-33(43)38(34(44)10-20)40(48,49)50)6-28(24)36(22(15-53)16-54)30(26)12-29(25)35(27(23)5-17)21(13-51)14-52/h1-12H. The summed E-state index contributed by atoms with van der Waals surface area (Å²) in [5, 5.41) is 39.8. The van der Waals surface area contributed by atoms with Gasteiger partial charge in [0.2, 0.25) is 0 Å². The summed E-state index contributed by atoms with van der Waals surface area (Å²) in [6.45, 7) is 0. The van der Waals surface area contributed by atoms with Crippen LogP contribution in [0.15, 0.2) is 83.9 Å². The summed E-state index contributed by atoms with van der Waals surface area (Å²) in [7, 11) is 0. The molecule has 2 aliphatic rings. The topological polar surface area (TPSA) is 95.2 Å². The van der Waals surface area contributed by atoms with Crippen molar-refractivity contribution in [2.75, 3.05) is 0 Å². The predicted octanol–water partition coefficient (Wildman–Crippen LogP) is 11.3. The molecule has 0 spiro atoms. The first-order chi connectivity index (χ1) is 25.5. The highest BCUT2D eigenvalue weighted by Crippen LogP contribution is 2.54. The number of rotatable bonds is 2.